The molecule has 0 bridgehead atoms. The van der Waals surface area contributed by atoms with Crippen molar-refractivity contribution in [2.45, 2.75) is 59.0 Å². The second-order valence-electron chi connectivity index (χ2n) is 6.11. The number of carbonyl (C=O) groups is 2. The summed E-state index contributed by atoms with van der Waals surface area (Å²) < 4.78 is 0. The zero-order chi connectivity index (χ0) is 17.5. The fourth-order valence-corrected chi connectivity index (χ4v) is 2.62. The third-order valence-corrected chi connectivity index (χ3v) is 4.07. The van der Waals surface area contributed by atoms with E-state index in [1.54, 1.807) is 6.07 Å². The highest BCUT2D eigenvalue weighted by Crippen LogP contribution is 2.19. The number of amides is 2. The van der Waals surface area contributed by atoms with Crippen LogP contribution >= 0.6 is 0 Å². The molecule has 0 fully saturated rings. The van der Waals surface area contributed by atoms with Gasteiger partial charge in [-0.15, -0.1) is 0 Å². The lowest BCUT2D eigenvalue weighted by molar-refractivity contribution is -0.137. The molecule has 0 atom stereocenters. The van der Waals surface area contributed by atoms with Crippen LogP contribution in [0.4, 0.5) is 5.69 Å². The fourth-order valence-electron chi connectivity index (χ4n) is 2.62. The van der Waals surface area contributed by atoms with Crippen molar-refractivity contribution in [1.29, 1.82) is 0 Å². The van der Waals surface area contributed by atoms with Crippen LogP contribution in [0.3, 0.4) is 0 Å². The van der Waals surface area contributed by atoms with Gasteiger partial charge in [-0.3, -0.25) is 9.59 Å². The Morgan fingerprint density at radius 1 is 1.09 bits per heavy atom. The Bertz CT molecular complexity index is 549. The zero-order valence-corrected chi connectivity index (χ0v) is 14.5. The number of carbonyl (C=O) groups excluding carboxylic acids is 2. The second kappa shape index (κ2) is 8.67. The molecule has 1 aromatic carbocycles. The third-order valence-electron chi connectivity index (χ3n) is 4.07. The van der Waals surface area contributed by atoms with Crippen molar-refractivity contribution in [2.75, 3.05) is 11.9 Å². The number of anilines is 1. The van der Waals surface area contributed by atoms with E-state index in [9.17, 15) is 14.7 Å². The van der Waals surface area contributed by atoms with Gasteiger partial charge in [-0.1, -0.05) is 38.8 Å². The lowest BCUT2D eigenvalue weighted by Crippen LogP contribution is -2.46. The molecule has 2 amide bonds. The van der Waals surface area contributed by atoms with Crippen molar-refractivity contribution in [3.63, 3.8) is 0 Å². The van der Waals surface area contributed by atoms with Crippen LogP contribution < -0.4 is 10.6 Å². The highest BCUT2D eigenvalue weighted by Gasteiger charge is 2.26. The third kappa shape index (κ3) is 5.67. The van der Waals surface area contributed by atoms with Gasteiger partial charge in [0.2, 0.25) is 0 Å². The first kappa shape index (κ1) is 19.2. The van der Waals surface area contributed by atoms with E-state index in [0.717, 1.165) is 24.0 Å². The highest BCUT2D eigenvalue weighted by molar-refractivity contribution is 6.39. The second-order valence-corrected chi connectivity index (χ2v) is 6.11. The zero-order valence-electron chi connectivity index (χ0n) is 14.5. The minimum Gasteiger partial charge on any atom is -0.388 e. The Labute approximate surface area is 138 Å². The predicted molar refractivity (Wildman–Crippen MR) is 92.3 cm³/mol. The molecular formula is C18H28N2O3. The smallest absolute Gasteiger partial charge is 0.313 e. The molecule has 1 aromatic rings. The van der Waals surface area contributed by atoms with Crippen molar-refractivity contribution in [1.82, 2.24) is 5.32 Å². The lowest BCUT2D eigenvalue weighted by atomic mass is 9.92. The summed E-state index contributed by atoms with van der Waals surface area (Å²) >= 11 is 0. The number of nitrogens with one attached hydrogen (secondary N) is 2. The van der Waals surface area contributed by atoms with Gasteiger partial charge >= 0.3 is 11.8 Å². The average molecular weight is 320 g/mol. The molecule has 0 saturated carbocycles. The summed E-state index contributed by atoms with van der Waals surface area (Å²) in [4.78, 5) is 24.0. The van der Waals surface area contributed by atoms with Gasteiger partial charge in [0.1, 0.15) is 0 Å². The van der Waals surface area contributed by atoms with E-state index >= 15 is 0 Å². The maximum Gasteiger partial charge on any atom is 0.313 e. The van der Waals surface area contributed by atoms with E-state index in [1.807, 2.05) is 39.8 Å². The molecule has 0 aliphatic heterocycles. The molecule has 0 aliphatic rings. The van der Waals surface area contributed by atoms with Gasteiger partial charge in [0.05, 0.1) is 5.60 Å². The lowest BCUT2D eigenvalue weighted by Gasteiger charge is -2.27. The normalized spacial score (nSPS) is 11.2. The number of benzene rings is 1. The highest BCUT2D eigenvalue weighted by atomic mass is 16.3. The number of rotatable bonds is 7. The molecule has 5 nitrogen and oxygen atoms in total. The fraction of sp³-hybridized carbons (Fsp3) is 0.556. The monoisotopic (exact) mass is 320 g/mol. The number of aliphatic hydroxyl groups is 1. The van der Waals surface area contributed by atoms with Crippen molar-refractivity contribution in [2.24, 2.45) is 0 Å². The number of aryl methyl sites for hydroxylation is 1. The van der Waals surface area contributed by atoms with Crippen molar-refractivity contribution in [3.8, 4) is 0 Å². The standard InChI is InChI=1S/C18H28N2O3/c1-5-10-18(23,11-6-2)12-19-16(21)17(22)20-15-9-7-8-13(3)14(15)4/h7-9,23H,5-6,10-12H2,1-4H3,(H,19,21)(H,20,22). The Hall–Kier alpha value is -1.88. The van der Waals surface area contributed by atoms with E-state index < -0.39 is 17.4 Å². The Morgan fingerprint density at radius 2 is 1.70 bits per heavy atom. The van der Waals surface area contributed by atoms with Gasteiger partial charge in [0.15, 0.2) is 0 Å². The molecule has 0 radical (unpaired) electrons. The van der Waals surface area contributed by atoms with E-state index in [0.29, 0.717) is 18.5 Å². The maximum absolute atomic E-state index is 12.0. The first-order chi connectivity index (χ1) is 10.8. The first-order valence-electron chi connectivity index (χ1n) is 8.20. The molecule has 0 aromatic heterocycles. The number of hydrogen-bond donors (Lipinski definition) is 3. The van der Waals surface area contributed by atoms with Crippen LogP contribution in [0.15, 0.2) is 18.2 Å². The van der Waals surface area contributed by atoms with E-state index in [-0.39, 0.29) is 6.54 Å². The summed E-state index contributed by atoms with van der Waals surface area (Å²) in [5, 5.41) is 15.6. The largest absolute Gasteiger partial charge is 0.388 e. The molecule has 0 saturated heterocycles. The summed E-state index contributed by atoms with van der Waals surface area (Å²) in [6.07, 6.45) is 2.83. The number of hydrogen-bond acceptors (Lipinski definition) is 3. The Kier molecular flexibility index (Phi) is 7.23. The average Bonchev–Trinajstić information content (AvgIpc) is 2.50. The first-order valence-corrected chi connectivity index (χ1v) is 8.20. The van der Waals surface area contributed by atoms with Crippen LogP contribution in [-0.4, -0.2) is 29.1 Å². The minimum absolute atomic E-state index is 0.0910. The van der Waals surface area contributed by atoms with Crippen LogP contribution in [0.1, 0.15) is 50.7 Å². The van der Waals surface area contributed by atoms with Crippen LogP contribution in [0.5, 0.6) is 0 Å². The quantitative estimate of drug-likeness (QED) is 0.676. The molecule has 128 valence electrons. The molecule has 0 aliphatic carbocycles. The molecule has 23 heavy (non-hydrogen) atoms. The SMILES string of the molecule is CCCC(O)(CCC)CNC(=O)C(=O)Nc1cccc(C)c1C. The minimum atomic E-state index is -0.946. The van der Waals surface area contributed by atoms with Crippen LogP contribution in [0.25, 0.3) is 0 Å². The van der Waals surface area contributed by atoms with Crippen LogP contribution in [0, 0.1) is 13.8 Å². The van der Waals surface area contributed by atoms with E-state index in [2.05, 4.69) is 10.6 Å². The topological polar surface area (TPSA) is 78.4 Å². The molecule has 0 spiro atoms. The Balaban J connectivity index is 2.63. The van der Waals surface area contributed by atoms with Gasteiger partial charge in [-0.2, -0.15) is 0 Å². The summed E-state index contributed by atoms with van der Waals surface area (Å²) in [5.41, 5.74) is 1.66. The van der Waals surface area contributed by atoms with Gasteiger partial charge in [0.25, 0.3) is 0 Å². The molecule has 5 heteroatoms. The summed E-state index contributed by atoms with van der Waals surface area (Å²) in [5.74, 6) is -1.44. The van der Waals surface area contributed by atoms with Gasteiger partial charge < -0.3 is 15.7 Å². The summed E-state index contributed by atoms with van der Waals surface area (Å²) in [6.45, 7) is 7.89. The van der Waals surface area contributed by atoms with Gasteiger partial charge in [0, 0.05) is 12.2 Å². The van der Waals surface area contributed by atoms with Crippen molar-refractivity contribution >= 4 is 17.5 Å². The summed E-state index contributed by atoms with van der Waals surface area (Å²) in [7, 11) is 0. The molecule has 0 heterocycles. The van der Waals surface area contributed by atoms with E-state index in [1.165, 1.54) is 0 Å². The van der Waals surface area contributed by atoms with Crippen molar-refractivity contribution < 1.29 is 14.7 Å². The van der Waals surface area contributed by atoms with Crippen LogP contribution in [-0.2, 0) is 9.59 Å². The molecule has 1 rings (SSSR count). The molecule has 3 N–H and O–H groups in total. The van der Waals surface area contributed by atoms with Crippen LogP contribution in [0.2, 0.25) is 0 Å². The predicted octanol–water partition coefficient (Wildman–Crippen LogP) is 2.69. The van der Waals surface area contributed by atoms with Gasteiger partial charge in [-0.05, 0) is 43.9 Å². The maximum atomic E-state index is 12.0. The van der Waals surface area contributed by atoms with E-state index in [4.69, 9.17) is 0 Å². The summed E-state index contributed by atoms with van der Waals surface area (Å²) in [6, 6.07) is 5.54. The van der Waals surface area contributed by atoms with Gasteiger partial charge in [-0.25, -0.2) is 0 Å². The molecular weight excluding hydrogens is 292 g/mol. The van der Waals surface area contributed by atoms with Crippen molar-refractivity contribution in [3.05, 3.63) is 29.3 Å². The molecule has 0 unspecified atom stereocenters. The Morgan fingerprint density at radius 3 is 2.26 bits per heavy atom.